The van der Waals surface area contributed by atoms with Crippen LogP contribution in [0.2, 0.25) is 0 Å². The summed E-state index contributed by atoms with van der Waals surface area (Å²) in [5, 5.41) is 6.00. The third-order valence-corrected chi connectivity index (χ3v) is 4.22. The molecule has 1 atom stereocenters. The summed E-state index contributed by atoms with van der Waals surface area (Å²) >= 11 is 0. The number of ether oxygens (including phenoxy) is 1. The predicted octanol–water partition coefficient (Wildman–Crippen LogP) is 4.74. The topological polar surface area (TPSA) is 79.4 Å². The lowest BCUT2D eigenvalue weighted by Gasteiger charge is -2.23. The van der Waals surface area contributed by atoms with Gasteiger partial charge in [0.2, 0.25) is 5.95 Å². The molecular weight excluding hydrogens is 385 g/mol. The Balaban J connectivity index is 1.93. The number of aromatic nitrogens is 2. The summed E-state index contributed by atoms with van der Waals surface area (Å²) in [5.41, 5.74) is 2.13. The van der Waals surface area contributed by atoms with E-state index in [1.54, 1.807) is 25.4 Å². The highest BCUT2D eigenvalue weighted by Gasteiger charge is 2.21. The maximum Gasteiger partial charge on any atom is 0.332 e. The van der Waals surface area contributed by atoms with Crippen LogP contribution in [0.3, 0.4) is 0 Å². The minimum atomic E-state index is -0.429. The second-order valence-electron chi connectivity index (χ2n) is 6.85. The number of aryl methyl sites for hydroxylation is 1. The van der Waals surface area contributed by atoms with Gasteiger partial charge in [0.1, 0.15) is 11.6 Å². The van der Waals surface area contributed by atoms with E-state index in [9.17, 15) is 9.18 Å². The van der Waals surface area contributed by atoms with Crippen molar-refractivity contribution < 1.29 is 13.9 Å². The number of amides is 2. The van der Waals surface area contributed by atoms with Crippen LogP contribution in [0.25, 0.3) is 0 Å². The molecule has 0 saturated carbocycles. The molecule has 0 unspecified atom stereocenters. The molecule has 3 aromatic rings. The number of hydrogen-bond acceptors (Lipinski definition) is 5. The minimum absolute atomic E-state index is 0.0226. The number of carbonyl (C=O) groups is 1. The van der Waals surface area contributed by atoms with Crippen molar-refractivity contribution in [2.24, 2.45) is 0 Å². The Kier molecular flexibility index (Phi) is 6.92. The maximum absolute atomic E-state index is 13.5. The van der Waals surface area contributed by atoms with Gasteiger partial charge in [-0.05, 0) is 55.8 Å². The number of halogens is 1. The molecule has 0 spiro atoms. The molecule has 30 heavy (non-hydrogen) atoms. The lowest BCUT2D eigenvalue weighted by Crippen LogP contribution is -2.32. The van der Waals surface area contributed by atoms with E-state index in [1.165, 1.54) is 29.2 Å². The highest BCUT2D eigenvalue weighted by Crippen LogP contribution is 2.26. The first-order valence-corrected chi connectivity index (χ1v) is 9.48. The van der Waals surface area contributed by atoms with E-state index < -0.39 is 11.8 Å². The molecule has 0 aliphatic rings. The Bertz CT molecular complexity index is 997. The predicted molar refractivity (Wildman–Crippen MR) is 116 cm³/mol. The van der Waals surface area contributed by atoms with Gasteiger partial charge in [-0.25, -0.2) is 19.1 Å². The second-order valence-corrected chi connectivity index (χ2v) is 6.85. The van der Waals surface area contributed by atoms with E-state index in [-0.39, 0.29) is 6.04 Å². The standard InChI is InChI=1S/C22H24FN5O2/c1-15-5-4-6-18(13-15)26-22(29)28(19-9-7-17(23)8-10-19)20-11-12-24-21(27-20)25-16(2)14-30-3/h4-13,16H,14H2,1-3H3,(H,26,29)(H,24,25,27)/t16-/m0/s1. The van der Waals surface area contributed by atoms with Gasteiger partial charge in [-0.15, -0.1) is 0 Å². The second kappa shape index (κ2) is 9.80. The Hall–Kier alpha value is -3.52. The molecule has 0 bridgehead atoms. The van der Waals surface area contributed by atoms with Crippen LogP contribution in [0.5, 0.6) is 0 Å². The van der Waals surface area contributed by atoms with Gasteiger partial charge in [-0.2, -0.15) is 4.98 Å². The third kappa shape index (κ3) is 5.51. The van der Waals surface area contributed by atoms with Gasteiger partial charge in [-0.1, -0.05) is 12.1 Å². The fraction of sp³-hybridized carbons (Fsp3) is 0.227. The largest absolute Gasteiger partial charge is 0.383 e. The van der Waals surface area contributed by atoms with Crippen LogP contribution in [0, 0.1) is 12.7 Å². The average molecular weight is 409 g/mol. The summed E-state index contributed by atoms with van der Waals surface area (Å²) in [6.45, 7) is 4.35. The number of hydrogen-bond donors (Lipinski definition) is 2. The molecule has 2 aromatic carbocycles. The zero-order valence-electron chi connectivity index (χ0n) is 17.1. The van der Waals surface area contributed by atoms with Crippen molar-refractivity contribution >= 4 is 29.2 Å². The zero-order valence-corrected chi connectivity index (χ0v) is 17.1. The molecule has 0 aliphatic carbocycles. The van der Waals surface area contributed by atoms with Crippen LogP contribution in [-0.2, 0) is 4.74 Å². The van der Waals surface area contributed by atoms with E-state index in [2.05, 4.69) is 20.6 Å². The molecule has 156 valence electrons. The van der Waals surface area contributed by atoms with Gasteiger partial charge < -0.3 is 15.4 Å². The van der Waals surface area contributed by atoms with Crippen molar-refractivity contribution in [2.75, 3.05) is 29.3 Å². The molecule has 1 heterocycles. The normalized spacial score (nSPS) is 11.6. The van der Waals surface area contributed by atoms with Crippen molar-refractivity contribution in [3.63, 3.8) is 0 Å². The van der Waals surface area contributed by atoms with Gasteiger partial charge in [0.15, 0.2) is 0 Å². The molecular formula is C22H24FN5O2. The molecule has 0 radical (unpaired) electrons. The molecule has 2 amide bonds. The van der Waals surface area contributed by atoms with Crippen molar-refractivity contribution in [2.45, 2.75) is 19.9 Å². The monoisotopic (exact) mass is 409 g/mol. The first-order chi connectivity index (χ1) is 14.5. The van der Waals surface area contributed by atoms with E-state index in [1.807, 2.05) is 32.0 Å². The smallest absolute Gasteiger partial charge is 0.332 e. The fourth-order valence-electron chi connectivity index (χ4n) is 2.90. The van der Waals surface area contributed by atoms with Crippen molar-refractivity contribution in [1.82, 2.24) is 9.97 Å². The number of carbonyl (C=O) groups excluding carboxylic acids is 1. The molecule has 1 aromatic heterocycles. The van der Waals surface area contributed by atoms with Crippen LogP contribution < -0.4 is 15.5 Å². The van der Waals surface area contributed by atoms with Gasteiger partial charge in [0.05, 0.1) is 12.3 Å². The summed E-state index contributed by atoms with van der Waals surface area (Å²) in [5.74, 6) is 0.303. The Morgan fingerprint density at radius 3 is 2.67 bits per heavy atom. The number of nitrogens with one attached hydrogen (secondary N) is 2. The van der Waals surface area contributed by atoms with Gasteiger partial charge in [0.25, 0.3) is 0 Å². The molecule has 0 aliphatic heterocycles. The lowest BCUT2D eigenvalue weighted by molar-refractivity contribution is 0.190. The number of urea groups is 1. The number of methoxy groups -OCH3 is 1. The third-order valence-electron chi connectivity index (χ3n) is 4.22. The first-order valence-electron chi connectivity index (χ1n) is 9.48. The summed E-state index contributed by atoms with van der Waals surface area (Å²) < 4.78 is 18.6. The summed E-state index contributed by atoms with van der Waals surface area (Å²) in [4.78, 5) is 23.2. The molecule has 0 saturated heterocycles. The lowest BCUT2D eigenvalue weighted by atomic mass is 10.2. The van der Waals surface area contributed by atoms with Crippen LogP contribution >= 0.6 is 0 Å². The Morgan fingerprint density at radius 2 is 1.97 bits per heavy atom. The molecule has 0 fully saturated rings. The summed E-state index contributed by atoms with van der Waals surface area (Å²) in [6.07, 6.45) is 1.56. The first kappa shape index (κ1) is 21.2. The fourth-order valence-corrected chi connectivity index (χ4v) is 2.90. The van der Waals surface area contributed by atoms with E-state index in [4.69, 9.17) is 4.74 Å². The van der Waals surface area contributed by atoms with Crippen LogP contribution in [-0.4, -0.2) is 35.8 Å². The SMILES string of the molecule is COC[C@H](C)Nc1nccc(N(C(=O)Nc2cccc(C)c2)c2ccc(F)cc2)n1. The molecule has 3 rings (SSSR count). The van der Waals surface area contributed by atoms with Crippen molar-refractivity contribution in [3.05, 3.63) is 72.2 Å². The summed E-state index contributed by atoms with van der Waals surface area (Å²) in [6, 6.07) is 14.3. The van der Waals surface area contributed by atoms with Crippen LogP contribution in [0.15, 0.2) is 60.8 Å². The van der Waals surface area contributed by atoms with Gasteiger partial charge in [-0.3, -0.25) is 0 Å². The molecule has 7 nitrogen and oxygen atoms in total. The van der Waals surface area contributed by atoms with Crippen LogP contribution in [0.1, 0.15) is 12.5 Å². The number of nitrogens with zero attached hydrogens (tertiary/aromatic N) is 3. The maximum atomic E-state index is 13.5. The minimum Gasteiger partial charge on any atom is -0.383 e. The zero-order chi connectivity index (χ0) is 21.5. The molecule has 2 N–H and O–H groups in total. The Labute approximate surface area is 174 Å². The van der Waals surface area contributed by atoms with E-state index in [0.717, 1.165) is 5.56 Å². The van der Waals surface area contributed by atoms with E-state index in [0.29, 0.717) is 29.7 Å². The number of rotatable bonds is 7. The van der Waals surface area contributed by atoms with Crippen LogP contribution in [0.4, 0.5) is 32.3 Å². The highest BCUT2D eigenvalue weighted by atomic mass is 19.1. The van der Waals surface area contributed by atoms with E-state index >= 15 is 0 Å². The number of benzene rings is 2. The van der Waals surface area contributed by atoms with Crippen molar-refractivity contribution in [3.8, 4) is 0 Å². The highest BCUT2D eigenvalue weighted by molar-refractivity contribution is 6.06. The molecule has 8 heteroatoms. The average Bonchev–Trinajstić information content (AvgIpc) is 2.70. The Morgan fingerprint density at radius 1 is 1.20 bits per heavy atom. The van der Waals surface area contributed by atoms with Gasteiger partial charge in [0, 0.05) is 31.1 Å². The van der Waals surface area contributed by atoms with Gasteiger partial charge >= 0.3 is 6.03 Å². The van der Waals surface area contributed by atoms with Crippen molar-refractivity contribution in [1.29, 1.82) is 0 Å². The number of anilines is 4. The summed E-state index contributed by atoms with van der Waals surface area (Å²) in [7, 11) is 1.61. The quantitative estimate of drug-likeness (QED) is 0.589.